The van der Waals surface area contributed by atoms with Crippen LogP contribution in [0.4, 0.5) is 0 Å². The number of piperidine rings is 1. The fourth-order valence-corrected chi connectivity index (χ4v) is 5.55. The van der Waals surface area contributed by atoms with E-state index in [4.69, 9.17) is 0 Å². The summed E-state index contributed by atoms with van der Waals surface area (Å²) < 4.78 is 27.7. The van der Waals surface area contributed by atoms with Gasteiger partial charge in [0.1, 0.15) is 5.01 Å². The monoisotopic (exact) mass is 442 g/mol. The number of nitrogens with zero attached hydrogens (tertiary/aromatic N) is 3. The average molecular weight is 443 g/mol. The molecule has 1 saturated heterocycles. The molecule has 1 aromatic carbocycles. The fraction of sp³-hybridized carbons (Fsp3) is 0.286. The van der Waals surface area contributed by atoms with Crippen LogP contribution >= 0.6 is 11.3 Å². The van der Waals surface area contributed by atoms with Crippen molar-refractivity contribution in [3.63, 3.8) is 0 Å². The summed E-state index contributed by atoms with van der Waals surface area (Å²) in [5.41, 5.74) is 1.68. The summed E-state index contributed by atoms with van der Waals surface area (Å²) in [5, 5.41) is 2.75. The smallest absolute Gasteiger partial charge is 0.240 e. The van der Waals surface area contributed by atoms with Gasteiger partial charge in [0.25, 0.3) is 0 Å². The van der Waals surface area contributed by atoms with Crippen molar-refractivity contribution >= 4 is 27.3 Å². The van der Waals surface area contributed by atoms with E-state index in [0.29, 0.717) is 25.9 Å². The van der Waals surface area contributed by atoms with E-state index in [-0.39, 0.29) is 23.3 Å². The molecule has 2 aromatic heterocycles. The molecule has 9 heteroatoms. The minimum absolute atomic E-state index is 0.0161. The lowest BCUT2D eigenvalue weighted by atomic mass is 10.1. The third kappa shape index (κ3) is 4.92. The maximum atomic E-state index is 12.7. The lowest BCUT2D eigenvalue weighted by Crippen LogP contribution is -2.46. The van der Waals surface area contributed by atoms with Crippen LogP contribution in [0.1, 0.15) is 18.5 Å². The highest BCUT2D eigenvalue weighted by atomic mass is 32.2. The lowest BCUT2D eigenvalue weighted by molar-refractivity contribution is -0.131. The molecule has 0 atom stereocenters. The van der Waals surface area contributed by atoms with Crippen molar-refractivity contribution in [2.24, 2.45) is 0 Å². The Kier molecular flexibility index (Phi) is 6.21. The van der Waals surface area contributed by atoms with Crippen LogP contribution in [-0.2, 0) is 21.2 Å². The lowest BCUT2D eigenvalue weighted by Gasteiger charge is -2.32. The number of hydrogen-bond acceptors (Lipinski definition) is 6. The van der Waals surface area contributed by atoms with Crippen LogP contribution in [0.5, 0.6) is 0 Å². The van der Waals surface area contributed by atoms with Gasteiger partial charge in [0.05, 0.1) is 17.0 Å². The number of benzene rings is 1. The van der Waals surface area contributed by atoms with Crippen molar-refractivity contribution in [3.8, 4) is 10.6 Å². The largest absolute Gasteiger partial charge is 0.342 e. The van der Waals surface area contributed by atoms with Crippen molar-refractivity contribution in [2.45, 2.75) is 30.2 Å². The van der Waals surface area contributed by atoms with E-state index in [9.17, 15) is 13.2 Å². The van der Waals surface area contributed by atoms with Gasteiger partial charge in [-0.15, -0.1) is 11.3 Å². The Morgan fingerprint density at radius 2 is 1.90 bits per heavy atom. The molecule has 1 N–H and O–H groups in total. The number of carbonyl (C=O) groups is 1. The van der Waals surface area contributed by atoms with E-state index in [0.717, 1.165) is 16.3 Å². The second kappa shape index (κ2) is 9.03. The zero-order valence-corrected chi connectivity index (χ0v) is 17.9. The van der Waals surface area contributed by atoms with E-state index in [1.54, 1.807) is 47.6 Å². The zero-order valence-electron chi connectivity index (χ0n) is 16.3. The van der Waals surface area contributed by atoms with Gasteiger partial charge in [-0.2, -0.15) is 0 Å². The van der Waals surface area contributed by atoms with Crippen molar-refractivity contribution in [1.82, 2.24) is 19.6 Å². The molecule has 3 aromatic rings. The molecule has 30 heavy (non-hydrogen) atoms. The molecule has 156 valence electrons. The van der Waals surface area contributed by atoms with Gasteiger partial charge in [-0.05, 0) is 37.1 Å². The Morgan fingerprint density at radius 1 is 1.13 bits per heavy atom. The molecule has 0 bridgehead atoms. The van der Waals surface area contributed by atoms with Crippen LogP contribution in [0.25, 0.3) is 10.6 Å². The summed E-state index contributed by atoms with van der Waals surface area (Å²) in [4.78, 5) is 23.4. The van der Waals surface area contributed by atoms with Crippen LogP contribution in [0.2, 0.25) is 0 Å². The van der Waals surface area contributed by atoms with Crippen LogP contribution in [0, 0.1) is 0 Å². The third-order valence-corrected chi connectivity index (χ3v) is 7.49. The van der Waals surface area contributed by atoms with E-state index < -0.39 is 10.0 Å². The van der Waals surface area contributed by atoms with E-state index in [1.165, 1.54) is 11.3 Å². The van der Waals surface area contributed by atoms with Gasteiger partial charge in [-0.1, -0.05) is 18.2 Å². The van der Waals surface area contributed by atoms with Crippen LogP contribution in [0.3, 0.4) is 0 Å². The molecular weight excluding hydrogens is 420 g/mol. The number of carbonyl (C=O) groups excluding carboxylic acids is 1. The molecule has 4 rings (SSSR count). The van der Waals surface area contributed by atoms with Gasteiger partial charge in [-0.3, -0.25) is 9.78 Å². The topological polar surface area (TPSA) is 92.3 Å². The van der Waals surface area contributed by atoms with Crippen molar-refractivity contribution in [3.05, 3.63) is 65.9 Å². The first-order chi connectivity index (χ1) is 14.5. The van der Waals surface area contributed by atoms with Crippen molar-refractivity contribution in [2.75, 3.05) is 13.1 Å². The highest BCUT2D eigenvalue weighted by Crippen LogP contribution is 2.23. The molecule has 3 heterocycles. The first kappa shape index (κ1) is 20.6. The number of nitrogens with one attached hydrogen (secondary N) is 1. The molecule has 1 aliphatic rings. The third-order valence-electron chi connectivity index (χ3n) is 5.02. The van der Waals surface area contributed by atoms with Crippen molar-refractivity contribution < 1.29 is 13.2 Å². The second-order valence-electron chi connectivity index (χ2n) is 7.15. The van der Waals surface area contributed by atoms with Crippen LogP contribution in [-0.4, -0.2) is 48.3 Å². The number of amides is 1. The predicted molar refractivity (Wildman–Crippen MR) is 115 cm³/mol. The molecule has 0 radical (unpaired) electrons. The Hall–Kier alpha value is -2.62. The molecule has 0 aliphatic carbocycles. The molecule has 1 aliphatic heterocycles. The SMILES string of the molecule is O=C(Cc1csc(-c2cccnc2)n1)N1CCC(NS(=O)(=O)c2ccccc2)CC1. The van der Waals surface area contributed by atoms with Crippen molar-refractivity contribution in [1.29, 1.82) is 0 Å². The predicted octanol–water partition coefficient (Wildman–Crippen LogP) is 2.72. The van der Waals surface area contributed by atoms with Gasteiger partial charge < -0.3 is 4.90 Å². The molecule has 1 fully saturated rings. The minimum atomic E-state index is -3.54. The second-order valence-corrected chi connectivity index (χ2v) is 9.72. The number of pyridine rings is 1. The molecule has 0 saturated carbocycles. The normalized spacial score (nSPS) is 15.3. The number of likely N-dealkylation sites (tertiary alicyclic amines) is 1. The summed E-state index contributed by atoms with van der Waals surface area (Å²) in [6.45, 7) is 1.06. The van der Waals surface area contributed by atoms with Crippen LogP contribution in [0.15, 0.2) is 65.1 Å². The maximum Gasteiger partial charge on any atom is 0.240 e. The highest BCUT2D eigenvalue weighted by molar-refractivity contribution is 7.89. The first-order valence-electron chi connectivity index (χ1n) is 9.71. The number of rotatable bonds is 6. The summed E-state index contributed by atoms with van der Waals surface area (Å²) in [6.07, 6.45) is 4.90. The number of thiazole rings is 1. The summed E-state index contributed by atoms with van der Waals surface area (Å²) >= 11 is 1.50. The molecule has 7 nitrogen and oxygen atoms in total. The van der Waals surface area contributed by atoms with Crippen LogP contribution < -0.4 is 4.72 Å². The Balaban J connectivity index is 1.30. The highest BCUT2D eigenvalue weighted by Gasteiger charge is 2.27. The summed E-state index contributed by atoms with van der Waals surface area (Å²) in [6, 6.07) is 12.0. The number of sulfonamides is 1. The van der Waals surface area contributed by atoms with Gasteiger partial charge in [0.15, 0.2) is 0 Å². The van der Waals surface area contributed by atoms with Gasteiger partial charge >= 0.3 is 0 Å². The Bertz CT molecular complexity index is 1090. The number of aromatic nitrogens is 2. The van der Waals surface area contributed by atoms with Gasteiger partial charge in [-0.25, -0.2) is 18.1 Å². The van der Waals surface area contributed by atoms with E-state index in [2.05, 4.69) is 14.7 Å². The number of hydrogen-bond donors (Lipinski definition) is 1. The Morgan fingerprint density at radius 3 is 2.60 bits per heavy atom. The standard InChI is InChI=1S/C21H22N4O3S2/c26-20(13-18-15-29-21(23-18)16-5-4-10-22-14-16)25-11-8-17(9-12-25)24-30(27,28)19-6-2-1-3-7-19/h1-7,10,14-15,17,24H,8-9,11-13H2. The quantitative estimate of drug-likeness (QED) is 0.634. The first-order valence-corrected chi connectivity index (χ1v) is 12.1. The summed E-state index contributed by atoms with van der Waals surface area (Å²) in [5.74, 6) is 0.0161. The van der Waals surface area contributed by atoms with E-state index >= 15 is 0 Å². The van der Waals surface area contributed by atoms with Gasteiger partial charge in [0, 0.05) is 42.5 Å². The molecule has 0 unspecified atom stereocenters. The average Bonchev–Trinajstić information content (AvgIpc) is 3.24. The molecule has 0 spiro atoms. The van der Waals surface area contributed by atoms with E-state index in [1.807, 2.05) is 17.5 Å². The molecule has 1 amide bonds. The summed E-state index contributed by atoms with van der Waals surface area (Å²) in [7, 11) is -3.54. The Labute approximate surface area is 179 Å². The molecular formula is C21H22N4O3S2. The minimum Gasteiger partial charge on any atom is -0.342 e. The van der Waals surface area contributed by atoms with Gasteiger partial charge in [0.2, 0.25) is 15.9 Å². The zero-order chi connectivity index (χ0) is 21.0. The maximum absolute atomic E-state index is 12.7. The fourth-order valence-electron chi connectivity index (χ4n) is 3.41.